The van der Waals surface area contributed by atoms with Gasteiger partial charge in [0.15, 0.2) is 0 Å². The fraction of sp³-hybridized carbons (Fsp3) is 0.0833. The minimum absolute atomic E-state index is 0.307. The Bertz CT molecular complexity index is 528. The predicted octanol–water partition coefficient (Wildman–Crippen LogP) is 2.56. The van der Waals surface area contributed by atoms with Crippen LogP contribution in [-0.4, -0.2) is 4.98 Å². The fourth-order valence-electron chi connectivity index (χ4n) is 1.44. The van der Waals surface area contributed by atoms with Crippen molar-refractivity contribution in [1.29, 1.82) is 0 Å². The lowest BCUT2D eigenvalue weighted by molar-refractivity contribution is 0.630. The average Bonchev–Trinajstić information content (AvgIpc) is 2.33. The molecule has 0 aliphatic heterocycles. The molecule has 0 saturated heterocycles. The lowest BCUT2D eigenvalue weighted by Gasteiger charge is -2.08. The standard InChI is InChI=1S/C12H13FN4/c1-8-5-6-10(9(13)7-8)15-11-3-2-4-12(16-11)17-14/h2-7H,14H2,1H3,(H2,15,16,17). The van der Waals surface area contributed by atoms with Crippen molar-refractivity contribution in [3.63, 3.8) is 0 Å². The van der Waals surface area contributed by atoms with Gasteiger partial charge in [-0.3, -0.25) is 0 Å². The Balaban J connectivity index is 2.25. The Morgan fingerprint density at radius 1 is 1.18 bits per heavy atom. The molecule has 0 spiro atoms. The van der Waals surface area contributed by atoms with Gasteiger partial charge in [-0.05, 0) is 36.8 Å². The number of rotatable bonds is 3. The molecule has 0 radical (unpaired) electrons. The van der Waals surface area contributed by atoms with E-state index in [1.54, 1.807) is 24.3 Å². The summed E-state index contributed by atoms with van der Waals surface area (Å²) in [5.41, 5.74) is 3.69. The van der Waals surface area contributed by atoms with Crippen molar-refractivity contribution in [3.8, 4) is 0 Å². The van der Waals surface area contributed by atoms with Gasteiger partial charge < -0.3 is 10.7 Å². The number of anilines is 3. The van der Waals surface area contributed by atoms with E-state index in [2.05, 4.69) is 15.7 Å². The second-order valence-electron chi connectivity index (χ2n) is 3.66. The summed E-state index contributed by atoms with van der Waals surface area (Å²) >= 11 is 0. The Hall–Kier alpha value is -2.14. The van der Waals surface area contributed by atoms with Crippen molar-refractivity contribution < 1.29 is 4.39 Å². The third kappa shape index (κ3) is 2.70. The molecule has 17 heavy (non-hydrogen) atoms. The third-order valence-corrected chi connectivity index (χ3v) is 2.28. The van der Waals surface area contributed by atoms with Gasteiger partial charge in [-0.15, -0.1) is 0 Å². The second-order valence-corrected chi connectivity index (χ2v) is 3.66. The van der Waals surface area contributed by atoms with Crippen LogP contribution in [-0.2, 0) is 0 Å². The van der Waals surface area contributed by atoms with Gasteiger partial charge in [0.2, 0.25) is 0 Å². The van der Waals surface area contributed by atoms with Crippen LogP contribution in [0.4, 0.5) is 21.7 Å². The van der Waals surface area contributed by atoms with Crippen molar-refractivity contribution in [1.82, 2.24) is 4.98 Å². The van der Waals surface area contributed by atoms with E-state index in [-0.39, 0.29) is 5.82 Å². The average molecular weight is 232 g/mol. The number of halogens is 1. The molecular weight excluding hydrogens is 219 g/mol. The smallest absolute Gasteiger partial charge is 0.146 e. The van der Waals surface area contributed by atoms with E-state index in [0.717, 1.165) is 5.56 Å². The minimum Gasteiger partial charge on any atom is -0.338 e. The molecule has 2 rings (SSSR count). The van der Waals surface area contributed by atoms with Crippen LogP contribution < -0.4 is 16.6 Å². The maximum atomic E-state index is 13.6. The van der Waals surface area contributed by atoms with Crippen molar-refractivity contribution in [2.45, 2.75) is 6.92 Å². The van der Waals surface area contributed by atoms with Crippen LogP contribution in [0.3, 0.4) is 0 Å². The summed E-state index contributed by atoms with van der Waals surface area (Å²) in [5, 5.41) is 2.89. The highest BCUT2D eigenvalue weighted by molar-refractivity contribution is 5.58. The van der Waals surface area contributed by atoms with E-state index in [9.17, 15) is 4.39 Å². The molecule has 0 fully saturated rings. The van der Waals surface area contributed by atoms with Gasteiger partial charge in [0.1, 0.15) is 17.5 Å². The molecule has 88 valence electrons. The van der Waals surface area contributed by atoms with Crippen LogP contribution in [0.5, 0.6) is 0 Å². The van der Waals surface area contributed by atoms with Crippen molar-refractivity contribution in [3.05, 3.63) is 47.8 Å². The van der Waals surface area contributed by atoms with Gasteiger partial charge in [0.05, 0.1) is 5.69 Å². The van der Waals surface area contributed by atoms with Gasteiger partial charge in [-0.25, -0.2) is 15.2 Å². The van der Waals surface area contributed by atoms with Crippen LogP contribution in [0.25, 0.3) is 0 Å². The van der Waals surface area contributed by atoms with Gasteiger partial charge in [0, 0.05) is 0 Å². The Morgan fingerprint density at radius 2 is 1.94 bits per heavy atom. The molecule has 1 heterocycles. The summed E-state index contributed by atoms with van der Waals surface area (Å²) in [6.45, 7) is 1.84. The molecule has 1 aromatic heterocycles. The van der Waals surface area contributed by atoms with Crippen LogP contribution in [0, 0.1) is 12.7 Å². The Morgan fingerprint density at radius 3 is 2.65 bits per heavy atom. The van der Waals surface area contributed by atoms with E-state index < -0.39 is 0 Å². The lowest BCUT2D eigenvalue weighted by atomic mass is 10.2. The summed E-state index contributed by atoms with van der Waals surface area (Å²) in [4.78, 5) is 4.14. The lowest BCUT2D eigenvalue weighted by Crippen LogP contribution is -2.09. The number of hydrazine groups is 1. The first-order chi connectivity index (χ1) is 8.19. The maximum absolute atomic E-state index is 13.6. The van der Waals surface area contributed by atoms with E-state index >= 15 is 0 Å². The summed E-state index contributed by atoms with van der Waals surface area (Å²) < 4.78 is 13.6. The largest absolute Gasteiger partial charge is 0.338 e. The number of nitrogen functional groups attached to an aromatic ring is 1. The first-order valence-electron chi connectivity index (χ1n) is 5.16. The highest BCUT2D eigenvalue weighted by Crippen LogP contribution is 2.20. The SMILES string of the molecule is Cc1ccc(Nc2cccc(NN)n2)c(F)c1. The van der Waals surface area contributed by atoms with E-state index in [0.29, 0.717) is 17.3 Å². The van der Waals surface area contributed by atoms with Gasteiger partial charge >= 0.3 is 0 Å². The maximum Gasteiger partial charge on any atom is 0.146 e. The summed E-state index contributed by atoms with van der Waals surface area (Å²) in [7, 11) is 0. The van der Waals surface area contributed by atoms with Gasteiger partial charge in [0.25, 0.3) is 0 Å². The zero-order valence-electron chi connectivity index (χ0n) is 9.37. The van der Waals surface area contributed by atoms with E-state index in [4.69, 9.17) is 5.84 Å². The van der Waals surface area contributed by atoms with Crippen molar-refractivity contribution in [2.24, 2.45) is 5.84 Å². The summed E-state index contributed by atoms with van der Waals surface area (Å²) in [5.74, 6) is 5.99. The third-order valence-electron chi connectivity index (χ3n) is 2.28. The number of hydrogen-bond donors (Lipinski definition) is 3. The van der Waals surface area contributed by atoms with Crippen LogP contribution >= 0.6 is 0 Å². The molecule has 0 bridgehead atoms. The topological polar surface area (TPSA) is 63.0 Å². The van der Waals surface area contributed by atoms with E-state index in [1.807, 2.05) is 13.0 Å². The highest BCUT2D eigenvalue weighted by Gasteiger charge is 2.03. The molecule has 4 nitrogen and oxygen atoms in total. The molecule has 0 amide bonds. The Labute approximate surface area is 98.6 Å². The van der Waals surface area contributed by atoms with Gasteiger partial charge in [-0.1, -0.05) is 12.1 Å². The summed E-state index contributed by atoms with van der Waals surface area (Å²) in [6, 6.07) is 10.2. The van der Waals surface area contributed by atoms with E-state index in [1.165, 1.54) is 6.07 Å². The van der Waals surface area contributed by atoms with Crippen LogP contribution in [0.2, 0.25) is 0 Å². The molecular formula is C12H13FN4. The zero-order valence-corrected chi connectivity index (χ0v) is 9.37. The molecule has 2 aromatic rings. The van der Waals surface area contributed by atoms with Gasteiger partial charge in [-0.2, -0.15) is 0 Å². The van der Waals surface area contributed by atoms with Crippen LogP contribution in [0.1, 0.15) is 5.56 Å². The normalized spacial score (nSPS) is 10.1. The number of nitrogens with zero attached hydrogens (tertiary/aromatic N) is 1. The Kier molecular flexibility index (Phi) is 3.20. The zero-order chi connectivity index (χ0) is 12.3. The number of aryl methyl sites for hydroxylation is 1. The molecule has 0 unspecified atom stereocenters. The van der Waals surface area contributed by atoms with Crippen LogP contribution in [0.15, 0.2) is 36.4 Å². The second kappa shape index (κ2) is 4.80. The number of hydrogen-bond acceptors (Lipinski definition) is 4. The first kappa shape index (κ1) is 11.3. The molecule has 0 aliphatic rings. The highest BCUT2D eigenvalue weighted by atomic mass is 19.1. The minimum atomic E-state index is -0.307. The van der Waals surface area contributed by atoms with Crippen molar-refractivity contribution in [2.75, 3.05) is 10.7 Å². The molecule has 0 aliphatic carbocycles. The number of aromatic nitrogens is 1. The number of nitrogens with one attached hydrogen (secondary N) is 2. The number of benzene rings is 1. The monoisotopic (exact) mass is 232 g/mol. The quantitative estimate of drug-likeness (QED) is 0.562. The molecule has 1 aromatic carbocycles. The first-order valence-corrected chi connectivity index (χ1v) is 5.16. The molecule has 0 atom stereocenters. The molecule has 5 heteroatoms. The van der Waals surface area contributed by atoms with Crippen molar-refractivity contribution >= 4 is 17.3 Å². The molecule has 0 saturated carbocycles. The predicted molar refractivity (Wildman–Crippen MR) is 66.5 cm³/mol. The number of pyridine rings is 1. The number of nitrogens with two attached hydrogens (primary N) is 1. The fourth-order valence-corrected chi connectivity index (χ4v) is 1.44. The molecule has 4 N–H and O–H groups in total. The summed E-state index contributed by atoms with van der Waals surface area (Å²) in [6.07, 6.45) is 0.